The fourth-order valence-electron chi connectivity index (χ4n) is 7.65. The van der Waals surface area contributed by atoms with E-state index in [-0.39, 0.29) is 43.3 Å². The second kappa shape index (κ2) is 14.2. The van der Waals surface area contributed by atoms with Gasteiger partial charge in [0.1, 0.15) is 24.4 Å². The SMILES string of the molecule is C=CC(C)(C)OC[C@@H]1O[C@H](O[C@@H]2C3=C([C@H](C)CO)C[C@H](O)[C@]3(C)C=C3[C@@H](COC)CC[C@H]3[C@@H](C)[C@H]2O)[C@@H](O)[C@@H](O)[C@@H]1OC(C)=O. The van der Waals surface area contributed by atoms with E-state index in [0.717, 1.165) is 24.0 Å². The van der Waals surface area contributed by atoms with Gasteiger partial charge in [0, 0.05) is 37.9 Å². The number of hydrogen-bond acceptors (Lipinski definition) is 11. The molecule has 0 radical (unpaired) electrons. The summed E-state index contributed by atoms with van der Waals surface area (Å²) in [5, 5.41) is 56.4. The monoisotopic (exact) mass is 638 g/mol. The van der Waals surface area contributed by atoms with Gasteiger partial charge in [-0.15, -0.1) is 6.58 Å². The van der Waals surface area contributed by atoms with Gasteiger partial charge in [-0.05, 0) is 57.4 Å². The maximum Gasteiger partial charge on any atom is 0.303 e. The molecule has 0 unspecified atom stereocenters. The van der Waals surface area contributed by atoms with Gasteiger partial charge in [0.25, 0.3) is 0 Å². The highest BCUT2D eigenvalue weighted by Gasteiger charge is 2.55. The van der Waals surface area contributed by atoms with E-state index in [1.54, 1.807) is 27.0 Å². The zero-order valence-electron chi connectivity index (χ0n) is 27.7. The van der Waals surface area contributed by atoms with Gasteiger partial charge in [-0.3, -0.25) is 4.79 Å². The average Bonchev–Trinajstić information content (AvgIpc) is 3.49. The van der Waals surface area contributed by atoms with E-state index in [2.05, 4.69) is 12.7 Å². The first-order valence-electron chi connectivity index (χ1n) is 16.1. The van der Waals surface area contributed by atoms with Crippen LogP contribution in [0.5, 0.6) is 0 Å². The molecule has 4 rings (SSSR count). The minimum absolute atomic E-state index is 0.00885. The van der Waals surface area contributed by atoms with Crippen molar-refractivity contribution in [1.82, 2.24) is 0 Å². The number of rotatable bonds is 11. The number of hydrogen-bond donors (Lipinski definition) is 5. The highest BCUT2D eigenvalue weighted by Crippen LogP contribution is 2.55. The molecule has 11 heteroatoms. The summed E-state index contributed by atoms with van der Waals surface area (Å²) in [5.41, 5.74) is 0.841. The van der Waals surface area contributed by atoms with Crippen molar-refractivity contribution in [1.29, 1.82) is 0 Å². The Balaban J connectivity index is 1.78. The molecular weight excluding hydrogens is 584 g/mol. The minimum atomic E-state index is -1.65. The summed E-state index contributed by atoms with van der Waals surface area (Å²) in [4.78, 5) is 11.9. The molecule has 1 aliphatic heterocycles. The van der Waals surface area contributed by atoms with Crippen LogP contribution in [-0.2, 0) is 28.5 Å². The Labute approximate surface area is 266 Å². The van der Waals surface area contributed by atoms with Gasteiger partial charge >= 0.3 is 5.97 Å². The molecule has 1 saturated carbocycles. The van der Waals surface area contributed by atoms with Crippen LogP contribution in [0.4, 0.5) is 0 Å². The van der Waals surface area contributed by atoms with Crippen LogP contribution in [0.2, 0.25) is 0 Å². The number of carbonyl (C=O) groups is 1. The molecule has 1 heterocycles. The van der Waals surface area contributed by atoms with Gasteiger partial charge in [0.2, 0.25) is 0 Å². The standard InChI is InChI=1S/C34H54O11/c1-9-33(5,6)42-16-24-30(43-19(4)36)28(39)29(40)32(44-24)45-31-26-22(17(2)14-35)12-25(37)34(26,7)13-23-20(15-41-8)10-11-21(23)18(3)27(31)38/h9,13,17-18,20-21,24-25,27-32,35,37-40H,1,10-12,14-16H2,2-8H3/t17-,18-,20-,21+,24+,25+,27-,28-,29+,30-,31-,32-,34+/m1/s1. The molecule has 4 aliphatic rings. The van der Waals surface area contributed by atoms with Crippen LogP contribution in [0.15, 0.2) is 35.5 Å². The molecule has 256 valence electrons. The maximum atomic E-state index is 12.1. The van der Waals surface area contributed by atoms with E-state index in [1.165, 1.54) is 6.92 Å². The first-order valence-corrected chi connectivity index (χ1v) is 16.1. The van der Waals surface area contributed by atoms with Crippen molar-refractivity contribution >= 4 is 5.97 Å². The minimum Gasteiger partial charge on any atom is -0.457 e. The number of aliphatic hydroxyl groups excluding tert-OH is 5. The third-order valence-corrected chi connectivity index (χ3v) is 10.6. The first-order chi connectivity index (χ1) is 21.1. The van der Waals surface area contributed by atoms with Crippen molar-refractivity contribution < 1.29 is 54.0 Å². The van der Waals surface area contributed by atoms with Gasteiger partial charge < -0.3 is 49.2 Å². The van der Waals surface area contributed by atoms with Crippen molar-refractivity contribution in [3.63, 3.8) is 0 Å². The molecular formula is C34H54O11. The molecule has 0 spiro atoms. The van der Waals surface area contributed by atoms with E-state index in [0.29, 0.717) is 12.2 Å². The van der Waals surface area contributed by atoms with E-state index >= 15 is 0 Å². The van der Waals surface area contributed by atoms with Crippen LogP contribution < -0.4 is 0 Å². The Morgan fingerprint density at radius 1 is 1.18 bits per heavy atom. The molecule has 5 N–H and O–H groups in total. The molecule has 11 nitrogen and oxygen atoms in total. The lowest BCUT2D eigenvalue weighted by molar-refractivity contribution is -0.320. The summed E-state index contributed by atoms with van der Waals surface area (Å²) in [6.07, 6.45) is -4.23. The lowest BCUT2D eigenvalue weighted by atomic mass is 9.68. The molecule has 0 bridgehead atoms. The quantitative estimate of drug-likeness (QED) is 0.166. The Morgan fingerprint density at radius 3 is 2.47 bits per heavy atom. The number of esters is 1. The predicted octanol–water partition coefficient (Wildman–Crippen LogP) is 2.04. The molecule has 0 aromatic rings. The predicted molar refractivity (Wildman–Crippen MR) is 165 cm³/mol. The molecule has 13 atom stereocenters. The highest BCUT2D eigenvalue weighted by molar-refractivity contribution is 5.66. The van der Waals surface area contributed by atoms with Crippen molar-refractivity contribution in [2.24, 2.45) is 29.1 Å². The van der Waals surface area contributed by atoms with E-state index in [1.807, 2.05) is 20.8 Å². The first kappa shape index (κ1) is 36.2. The second-order valence-corrected chi connectivity index (χ2v) is 14.1. The third kappa shape index (κ3) is 7.12. The number of fused-ring (bicyclic) bond motifs is 2. The number of carbonyl (C=O) groups excluding carboxylic acids is 1. The summed E-state index contributed by atoms with van der Waals surface area (Å²) < 4.78 is 29.6. The van der Waals surface area contributed by atoms with Gasteiger partial charge in [-0.1, -0.05) is 37.1 Å². The Kier molecular flexibility index (Phi) is 11.4. The molecule has 0 aromatic carbocycles. The zero-order valence-corrected chi connectivity index (χ0v) is 27.7. The van der Waals surface area contributed by atoms with Crippen molar-refractivity contribution in [3.05, 3.63) is 35.5 Å². The fourth-order valence-corrected chi connectivity index (χ4v) is 7.65. The molecule has 0 amide bonds. The summed E-state index contributed by atoms with van der Waals surface area (Å²) in [6.45, 7) is 14.6. The number of ether oxygens (including phenoxy) is 5. The summed E-state index contributed by atoms with van der Waals surface area (Å²) in [6, 6.07) is 0. The Hall–Kier alpha value is -1.67. The number of methoxy groups -OCH3 is 1. The fraction of sp³-hybridized carbons (Fsp3) is 0.794. The summed E-state index contributed by atoms with van der Waals surface area (Å²) in [5.74, 6) is -1.13. The molecule has 2 fully saturated rings. The van der Waals surface area contributed by atoms with Crippen LogP contribution >= 0.6 is 0 Å². The van der Waals surface area contributed by atoms with Crippen LogP contribution in [0.25, 0.3) is 0 Å². The van der Waals surface area contributed by atoms with Crippen molar-refractivity contribution in [2.75, 3.05) is 26.9 Å². The van der Waals surface area contributed by atoms with Crippen LogP contribution in [-0.4, -0.2) is 113 Å². The molecule has 45 heavy (non-hydrogen) atoms. The maximum absolute atomic E-state index is 12.1. The van der Waals surface area contributed by atoms with Gasteiger partial charge in [0.15, 0.2) is 12.4 Å². The van der Waals surface area contributed by atoms with Crippen molar-refractivity contribution in [3.8, 4) is 0 Å². The van der Waals surface area contributed by atoms with Gasteiger partial charge in [-0.25, -0.2) is 0 Å². The van der Waals surface area contributed by atoms with E-state index < -0.39 is 66.0 Å². The lowest BCUT2D eigenvalue weighted by Gasteiger charge is -2.47. The summed E-state index contributed by atoms with van der Waals surface area (Å²) in [7, 11) is 1.67. The normalized spacial score (nSPS) is 41.1. The molecule has 0 aromatic heterocycles. The van der Waals surface area contributed by atoms with Crippen molar-refractivity contribution in [2.45, 2.75) is 115 Å². The second-order valence-electron chi connectivity index (χ2n) is 14.1. The highest BCUT2D eigenvalue weighted by atomic mass is 16.7. The smallest absolute Gasteiger partial charge is 0.303 e. The largest absolute Gasteiger partial charge is 0.457 e. The van der Waals surface area contributed by atoms with Gasteiger partial charge in [0.05, 0.1) is 31.0 Å². The third-order valence-electron chi connectivity index (χ3n) is 10.6. The lowest BCUT2D eigenvalue weighted by Crippen LogP contribution is -2.62. The topological polar surface area (TPSA) is 164 Å². The average molecular weight is 639 g/mol. The van der Waals surface area contributed by atoms with Crippen LogP contribution in [0.3, 0.4) is 0 Å². The molecule has 3 aliphatic carbocycles. The van der Waals surface area contributed by atoms with Crippen LogP contribution in [0, 0.1) is 29.1 Å². The zero-order chi connectivity index (χ0) is 33.4. The Morgan fingerprint density at radius 2 is 1.87 bits per heavy atom. The molecule has 1 saturated heterocycles. The Bertz CT molecular complexity index is 1130. The van der Waals surface area contributed by atoms with Crippen LogP contribution in [0.1, 0.15) is 60.8 Å². The van der Waals surface area contributed by atoms with Gasteiger partial charge in [-0.2, -0.15) is 0 Å². The van der Waals surface area contributed by atoms with E-state index in [4.69, 9.17) is 23.7 Å². The number of aliphatic hydroxyl groups is 5. The summed E-state index contributed by atoms with van der Waals surface area (Å²) >= 11 is 0. The van der Waals surface area contributed by atoms with E-state index in [9.17, 15) is 30.3 Å².